The standard InChI is InChI=1S/C25H28N4O3S/c1-17(30)25(31-20-8-9-24-23(14-20)26-18(2)33-24)29-12-10-28(11-13-29)16-21-15-22(27-32-21)19-6-4-3-5-7-19/h3-9,14-15,17,25,30H,10-13,16H2,1-2H3/t17-,25?/m1/s1. The molecule has 0 spiro atoms. The number of aliphatic hydroxyl groups excluding tert-OH is 1. The van der Waals surface area contributed by atoms with Crippen LogP contribution in [0.25, 0.3) is 21.5 Å². The van der Waals surface area contributed by atoms with E-state index < -0.39 is 12.3 Å². The van der Waals surface area contributed by atoms with Gasteiger partial charge in [0.2, 0.25) is 0 Å². The number of ether oxygens (including phenoxy) is 1. The summed E-state index contributed by atoms with van der Waals surface area (Å²) in [6.45, 7) is 7.82. The van der Waals surface area contributed by atoms with Gasteiger partial charge in [-0.2, -0.15) is 0 Å². The molecule has 1 fully saturated rings. The van der Waals surface area contributed by atoms with Crippen LogP contribution in [-0.4, -0.2) is 63.6 Å². The van der Waals surface area contributed by atoms with E-state index in [0.29, 0.717) is 6.54 Å². The zero-order valence-electron chi connectivity index (χ0n) is 18.8. The van der Waals surface area contributed by atoms with E-state index in [1.54, 1.807) is 18.3 Å². The Kier molecular flexibility index (Phi) is 6.41. The van der Waals surface area contributed by atoms with Gasteiger partial charge < -0.3 is 14.4 Å². The van der Waals surface area contributed by atoms with Crippen molar-refractivity contribution in [1.82, 2.24) is 19.9 Å². The van der Waals surface area contributed by atoms with Crippen LogP contribution in [0.15, 0.2) is 59.1 Å². The van der Waals surface area contributed by atoms with E-state index in [1.165, 1.54) is 0 Å². The molecule has 1 saturated heterocycles. The highest BCUT2D eigenvalue weighted by Crippen LogP contribution is 2.27. The molecule has 1 N–H and O–H groups in total. The Bertz CT molecular complexity index is 1200. The number of fused-ring (bicyclic) bond motifs is 1. The molecule has 0 amide bonds. The van der Waals surface area contributed by atoms with E-state index in [-0.39, 0.29) is 0 Å². The highest BCUT2D eigenvalue weighted by molar-refractivity contribution is 7.18. The number of benzene rings is 2. The molecule has 1 aliphatic rings. The molecule has 2 aromatic carbocycles. The van der Waals surface area contributed by atoms with Crippen molar-refractivity contribution in [1.29, 1.82) is 0 Å². The van der Waals surface area contributed by atoms with Crippen molar-refractivity contribution in [2.45, 2.75) is 32.7 Å². The predicted molar refractivity (Wildman–Crippen MR) is 129 cm³/mol. The molecule has 0 aliphatic carbocycles. The number of nitrogens with zero attached hydrogens (tertiary/aromatic N) is 4. The number of thiazole rings is 1. The summed E-state index contributed by atoms with van der Waals surface area (Å²) in [6.07, 6.45) is -1.02. The Balaban J connectivity index is 1.19. The normalized spacial score (nSPS) is 17.3. The lowest BCUT2D eigenvalue weighted by atomic mass is 10.1. The molecule has 1 unspecified atom stereocenters. The average molecular weight is 465 g/mol. The maximum atomic E-state index is 10.4. The smallest absolute Gasteiger partial charge is 0.178 e. The quantitative estimate of drug-likeness (QED) is 0.440. The molecular weight excluding hydrogens is 436 g/mol. The van der Waals surface area contributed by atoms with E-state index in [2.05, 4.69) is 19.9 Å². The summed E-state index contributed by atoms with van der Waals surface area (Å²) < 4.78 is 13.0. The number of aliphatic hydroxyl groups is 1. The van der Waals surface area contributed by atoms with Gasteiger partial charge >= 0.3 is 0 Å². The molecule has 172 valence electrons. The lowest BCUT2D eigenvalue weighted by Gasteiger charge is -2.39. The van der Waals surface area contributed by atoms with Crippen molar-refractivity contribution in [3.05, 3.63) is 65.4 Å². The molecular formula is C25H28N4O3S. The van der Waals surface area contributed by atoms with Crippen LogP contribution in [0.2, 0.25) is 0 Å². The third kappa shape index (κ3) is 5.09. The largest absolute Gasteiger partial charge is 0.472 e. The van der Waals surface area contributed by atoms with E-state index in [0.717, 1.165) is 64.2 Å². The van der Waals surface area contributed by atoms with E-state index in [9.17, 15) is 5.11 Å². The molecule has 0 bridgehead atoms. The first kappa shape index (κ1) is 22.0. The fourth-order valence-corrected chi connectivity index (χ4v) is 5.05. The maximum absolute atomic E-state index is 10.4. The maximum Gasteiger partial charge on any atom is 0.178 e. The molecule has 0 saturated carbocycles. The summed E-state index contributed by atoms with van der Waals surface area (Å²) in [5.41, 5.74) is 2.85. The Morgan fingerprint density at radius 3 is 2.64 bits per heavy atom. The highest BCUT2D eigenvalue weighted by Gasteiger charge is 2.29. The topological polar surface area (TPSA) is 74.9 Å². The van der Waals surface area contributed by atoms with Gasteiger partial charge in [0.1, 0.15) is 17.5 Å². The molecule has 7 nitrogen and oxygen atoms in total. The van der Waals surface area contributed by atoms with Crippen molar-refractivity contribution in [2.75, 3.05) is 26.2 Å². The summed E-state index contributed by atoms with van der Waals surface area (Å²) in [6, 6.07) is 18.0. The van der Waals surface area contributed by atoms with Gasteiger partial charge in [0.05, 0.1) is 21.8 Å². The van der Waals surface area contributed by atoms with Crippen molar-refractivity contribution in [3.63, 3.8) is 0 Å². The lowest BCUT2D eigenvalue weighted by Crippen LogP contribution is -2.55. The van der Waals surface area contributed by atoms with Gasteiger partial charge in [0, 0.05) is 43.9 Å². The van der Waals surface area contributed by atoms with Crippen LogP contribution in [0.1, 0.15) is 17.7 Å². The minimum atomic E-state index is -0.618. The zero-order chi connectivity index (χ0) is 22.8. The second kappa shape index (κ2) is 9.61. The van der Waals surface area contributed by atoms with E-state index in [1.807, 2.05) is 61.5 Å². The van der Waals surface area contributed by atoms with Crippen molar-refractivity contribution >= 4 is 21.6 Å². The number of rotatable bonds is 7. The van der Waals surface area contributed by atoms with E-state index in [4.69, 9.17) is 9.26 Å². The number of hydrogen-bond donors (Lipinski definition) is 1. The van der Waals surface area contributed by atoms with Crippen molar-refractivity contribution in [2.24, 2.45) is 0 Å². The minimum absolute atomic E-state index is 0.403. The van der Waals surface area contributed by atoms with Crippen LogP contribution in [0, 0.1) is 6.92 Å². The van der Waals surface area contributed by atoms with Crippen LogP contribution >= 0.6 is 11.3 Å². The van der Waals surface area contributed by atoms with Gasteiger partial charge in [-0.05, 0) is 26.0 Å². The average Bonchev–Trinajstić information content (AvgIpc) is 3.44. The monoisotopic (exact) mass is 464 g/mol. The SMILES string of the molecule is Cc1nc2cc(OC([C@@H](C)O)N3CCN(Cc4cc(-c5ccccc5)no4)CC3)ccc2s1. The molecule has 2 atom stereocenters. The highest BCUT2D eigenvalue weighted by atomic mass is 32.1. The fraction of sp³-hybridized carbons (Fsp3) is 0.360. The van der Waals surface area contributed by atoms with Gasteiger partial charge in [-0.3, -0.25) is 9.80 Å². The van der Waals surface area contributed by atoms with Crippen LogP contribution in [0.3, 0.4) is 0 Å². The second-order valence-electron chi connectivity index (χ2n) is 8.47. The zero-order valence-corrected chi connectivity index (χ0v) is 19.7. The first-order valence-electron chi connectivity index (χ1n) is 11.2. The fourth-order valence-electron chi connectivity index (χ4n) is 4.24. The van der Waals surface area contributed by atoms with Gasteiger partial charge in [0.15, 0.2) is 12.0 Å². The van der Waals surface area contributed by atoms with Crippen LogP contribution in [-0.2, 0) is 6.54 Å². The van der Waals surface area contributed by atoms with Gasteiger partial charge in [-0.25, -0.2) is 4.98 Å². The summed E-state index contributed by atoms with van der Waals surface area (Å²) in [7, 11) is 0. The minimum Gasteiger partial charge on any atom is -0.472 e. The Morgan fingerprint density at radius 1 is 1.09 bits per heavy atom. The molecule has 3 heterocycles. The summed E-state index contributed by atoms with van der Waals surface area (Å²) in [5.74, 6) is 1.59. The number of aryl methyl sites for hydroxylation is 1. The molecule has 0 radical (unpaired) electrons. The molecule has 33 heavy (non-hydrogen) atoms. The molecule has 2 aromatic heterocycles. The summed E-state index contributed by atoms with van der Waals surface area (Å²) >= 11 is 1.67. The molecule has 5 rings (SSSR count). The molecule has 8 heteroatoms. The lowest BCUT2D eigenvalue weighted by molar-refractivity contribution is -0.0756. The first-order valence-corrected chi connectivity index (χ1v) is 12.1. The Hall–Kier alpha value is -2.78. The van der Waals surface area contributed by atoms with Crippen molar-refractivity contribution < 1.29 is 14.4 Å². The summed E-state index contributed by atoms with van der Waals surface area (Å²) in [5, 5.41) is 15.7. The van der Waals surface area contributed by atoms with Gasteiger partial charge in [-0.1, -0.05) is 35.5 Å². The van der Waals surface area contributed by atoms with Gasteiger partial charge in [-0.15, -0.1) is 11.3 Å². The third-order valence-electron chi connectivity index (χ3n) is 5.91. The molecule has 4 aromatic rings. The van der Waals surface area contributed by atoms with Crippen LogP contribution < -0.4 is 4.74 Å². The number of hydrogen-bond acceptors (Lipinski definition) is 8. The van der Waals surface area contributed by atoms with E-state index >= 15 is 0 Å². The third-order valence-corrected chi connectivity index (χ3v) is 6.86. The number of aromatic nitrogens is 2. The predicted octanol–water partition coefficient (Wildman–Crippen LogP) is 4.16. The summed E-state index contributed by atoms with van der Waals surface area (Å²) in [4.78, 5) is 9.10. The Morgan fingerprint density at radius 2 is 1.88 bits per heavy atom. The van der Waals surface area contributed by atoms with Crippen molar-refractivity contribution in [3.8, 4) is 17.0 Å². The first-order chi connectivity index (χ1) is 16.0. The van der Waals surface area contributed by atoms with Crippen LogP contribution in [0.4, 0.5) is 0 Å². The number of piperazine rings is 1. The Labute approximate surface area is 197 Å². The second-order valence-corrected chi connectivity index (χ2v) is 9.70. The van der Waals surface area contributed by atoms with Crippen LogP contribution in [0.5, 0.6) is 5.75 Å². The van der Waals surface area contributed by atoms with Gasteiger partial charge in [0.25, 0.3) is 0 Å². The molecule has 1 aliphatic heterocycles.